The molecule has 0 aromatic rings. The minimum atomic E-state index is -1.50. The number of hydrogen-bond donors (Lipinski definition) is 9. The predicted molar refractivity (Wildman–Crippen MR) is 125 cm³/mol. The van der Waals surface area contributed by atoms with Gasteiger partial charge >= 0.3 is 11.9 Å². The van der Waals surface area contributed by atoms with Gasteiger partial charge in [-0.15, -0.1) is 0 Å². The van der Waals surface area contributed by atoms with Crippen LogP contribution in [0, 0.1) is 5.92 Å². The fourth-order valence-electron chi connectivity index (χ4n) is 2.79. The molecule has 35 heavy (non-hydrogen) atoms. The van der Waals surface area contributed by atoms with Crippen LogP contribution in [0.1, 0.15) is 46.5 Å². The highest BCUT2D eigenvalue weighted by Gasteiger charge is 2.33. The highest BCUT2D eigenvalue weighted by Crippen LogP contribution is 2.06. The molecule has 3 amide bonds. The van der Waals surface area contributed by atoms with E-state index < -0.39 is 66.4 Å². The number of carboxylic acid groups (broad SMARTS) is 2. The van der Waals surface area contributed by atoms with Crippen LogP contribution in [0.2, 0.25) is 0 Å². The van der Waals surface area contributed by atoms with Gasteiger partial charge in [-0.1, -0.05) is 13.8 Å². The Bertz CT molecular complexity index is 783. The molecular weight excluding hydrogens is 466 g/mol. The molecule has 0 bridgehead atoms. The lowest BCUT2D eigenvalue weighted by atomic mass is 10.0. The number of carboxylic acids is 2. The first kappa shape index (κ1) is 31.5. The Morgan fingerprint density at radius 1 is 0.857 bits per heavy atom. The first-order valence-electron chi connectivity index (χ1n) is 11.0. The third-order valence-electron chi connectivity index (χ3n) is 4.92. The number of aliphatic hydroxyl groups is 1. The van der Waals surface area contributed by atoms with Gasteiger partial charge in [0.1, 0.15) is 18.1 Å². The maximum atomic E-state index is 12.8. The number of nitrogens with one attached hydrogen (secondary N) is 3. The van der Waals surface area contributed by atoms with Gasteiger partial charge in [0.05, 0.1) is 12.1 Å². The summed E-state index contributed by atoms with van der Waals surface area (Å²) < 4.78 is 0. The zero-order valence-corrected chi connectivity index (χ0v) is 20.1. The summed E-state index contributed by atoms with van der Waals surface area (Å²) in [6.45, 7) is 4.72. The first-order chi connectivity index (χ1) is 16.2. The van der Waals surface area contributed by atoms with E-state index in [1.807, 2.05) is 0 Å². The number of hydrogen-bond acceptors (Lipinski definition) is 8. The predicted octanol–water partition coefficient (Wildman–Crippen LogP) is -3.19. The maximum Gasteiger partial charge on any atom is 0.326 e. The van der Waals surface area contributed by atoms with Crippen LogP contribution < -0.4 is 33.2 Å². The van der Waals surface area contributed by atoms with Gasteiger partial charge in [0.25, 0.3) is 0 Å². The monoisotopic (exact) mass is 503 g/mol. The van der Waals surface area contributed by atoms with Crippen molar-refractivity contribution in [1.29, 1.82) is 0 Å². The minimum Gasteiger partial charge on any atom is -0.481 e. The number of aliphatic imine (C=N–C) groups is 1. The van der Waals surface area contributed by atoms with Crippen LogP contribution in [-0.4, -0.2) is 87.8 Å². The second-order valence-electron chi connectivity index (χ2n) is 8.34. The van der Waals surface area contributed by atoms with Gasteiger partial charge in [0.15, 0.2) is 5.96 Å². The van der Waals surface area contributed by atoms with E-state index in [1.54, 1.807) is 13.8 Å². The SMILES string of the molecule is CC(C)C(N)C(=O)NC(C(=O)NC(CCC(=O)O)C(=O)NC(CCCN=C(N)N)C(=O)O)C(C)O. The maximum absolute atomic E-state index is 12.8. The molecule has 0 aromatic carbocycles. The van der Waals surface area contributed by atoms with Crippen molar-refractivity contribution in [2.75, 3.05) is 6.54 Å². The van der Waals surface area contributed by atoms with Gasteiger partial charge in [-0.2, -0.15) is 0 Å². The molecule has 15 heteroatoms. The highest BCUT2D eigenvalue weighted by molar-refractivity contribution is 5.94. The Kier molecular flexibility index (Phi) is 13.9. The minimum absolute atomic E-state index is 0.0447. The summed E-state index contributed by atoms with van der Waals surface area (Å²) in [5.41, 5.74) is 16.2. The number of carbonyl (C=O) groups is 5. The summed E-state index contributed by atoms with van der Waals surface area (Å²) in [7, 11) is 0. The van der Waals surface area contributed by atoms with E-state index >= 15 is 0 Å². The van der Waals surface area contributed by atoms with E-state index in [1.165, 1.54) is 6.92 Å². The number of aliphatic carboxylic acids is 2. The molecule has 12 N–H and O–H groups in total. The average Bonchev–Trinajstić information content (AvgIpc) is 2.74. The molecule has 0 saturated carbocycles. The van der Waals surface area contributed by atoms with Crippen molar-refractivity contribution in [3.63, 3.8) is 0 Å². The fourth-order valence-corrected chi connectivity index (χ4v) is 2.79. The first-order valence-corrected chi connectivity index (χ1v) is 11.0. The molecule has 0 aliphatic rings. The fraction of sp³-hybridized carbons (Fsp3) is 0.700. The second kappa shape index (κ2) is 15.4. The zero-order chi connectivity index (χ0) is 27.3. The molecule has 0 heterocycles. The third kappa shape index (κ3) is 12.5. The summed E-state index contributed by atoms with van der Waals surface area (Å²) >= 11 is 0. The molecular formula is C20H37N7O8. The number of nitrogens with two attached hydrogens (primary N) is 3. The molecule has 0 aliphatic heterocycles. The lowest BCUT2D eigenvalue weighted by Crippen LogP contribution is -2.60. The van der Waals surface area contributed by atoms with E-state index in [0.29, 0.717) is 0 Å². The molecule has 15 nitrogen and oxygen atoms in total. The average molecular weight is 504 g/mol. The third-order valence-corrected chi connectivity index (χ3v) is 4.92. The molecule has 0 spiro atoms. The Labute approximate surface area is 202 Å². The molecule has 5 unspecified atom stereocenters. The Morgan fingerprint density at radius 3 is 1.89 bits per heavy atom. The van der Waals surface area contributed by atoms with Gasteiger partial charge in [0, 0.05) is 13.0 Å². The van der Waals surface area contributed by atoms with E-state index in [4.69, 9.17) is 22.3 Å². The molecule has 0 rings (SSSR count). The molecule has 0 aliphatic carbocycles. The Balaban J connectivity index is 5.48. The lowest BCUT2D eigenvalue weighted by molar-refractivity contribution is -0.143. The van der Waals surface area contributed by atoms with Crippen molar-refractivity contribution < 1.29 is 39.3 Å². The summed E-state index contributed by atoms with van der Waals surface area (Å²) in [5.74, 6) is -5.69. The number of aliphatic hydroxyl groups excluding tert-OH is 1. The molecule has 200 valence electrons. The van der Waals surface area contributed by atoms with Gasteiger partial charge in [-0.25, -0.2) is 4.79 Å². The molecule has 0 aromatic heterocycles. The van der Waals surface area contributed by atoms with Crippen molar-refractivity contribution in [2.45, 2.75) is 76.7 Å². The quantitative estimate of drug-likeness (QED) is 0.0574. The summed E-state index contributed by atoms with van der Waals surface area (Å²) in [4.78, 5) is 64.0. The van der Waals surface area contributed by atoms with Crippen LogP contribution in [0.5, 0.6) is 0 Å². The topological polar surface area (TPSA) is 273 Å². The molecule has 0 radical (unpaired) electrons. The lowest BCUT2D eigenvalue weighted by Gasteiger charge is -2.26. The molecule has 0 saturated heterocycles. The molecule has 5 atom stereocenters. The highest BCUT2D eigenvalue weighted by atomic mass is 16.4. The van der Waals surface area contributed by atoms with Gasteiger partial charge in [-0.3, -0.25) is 24.2 Å². The Morgan fingerprint density at radius 2 is 1.43 bits per heavy atom. The van der Waals surface area contributed by atoms with E-state index in [0.717, 1.165) is 0 Å². The van der Waals surface area contributed by atoms with Crippen LogP contribution in [0.25, 0.3) is 0 Å². The number of nitrogens with zero attached hydrogens (tertiary/aromatic N) is 1. The largest absolute Gasteiger partial charge is 0.481 e. The van der Waals surface area contributed by atoms with Crippen molar-refractivity contribution in [3.8, 4) is 0 Å². The van der Waals surface area contributed by atoms with Crippen molar-refractivity contribution in [1.82, 2.24) is 16.0 Å². The van der Waals surface area contributed by atoms with Crippen LogP contribution in [0.4, 0.5) is 0 Å². The Hall–Kier alpha value is -3.46. The van der Waals surface area contributed by atoms with Gasteiger partial charge in [0.2, 0.25) is 17.7 Å². The standard InChI is InChI=1S/C20H37N7O8/c1-9(2)14(21)17(32)27-15(10(3)28)18(33)25-11(6-7-13(29)30)16(31)26-12(19(34)35)5-4-8-24-20(22)23/h9-12,14-15,28H,4-8,21H2,1-3H3,(H,25,33)(H,26,31)(H,27,32)(H,29,30)(H,34,35)(H4,22,23,24). The summed E-state index contributed by atoms with van der Waals surface area (Å²) in [6, 6.07) is -5.29. The van der Waals surface area contributed by atoms with Crippen molar-refractivity contribution in [2.24, 2.45) is 28.1 Å². The number of amides is 3. The van der Waals surface area contributed by atoms with Crippen LogP contribution in [0.15, 0.2) is 4.99 Å². The van der Waals surface area contributed by atoms with Gasteiger partial charge < -0.3 is 48.5 Å². The summed E-state index contributed by atoms with van der Waals surface area (Å²) in [5, 5.41) is 35.2. The van der Waals surface area contributed by atoms with Crippen molar-refractivity contribution >= 4 is 35.6 Å². The van der Waals surface area contributed by atoms with Crippen LogP contribution in [0.3, 0.4) is 0 Å². The van der Waals surface area contributed by atoms with Crippen molar-refractivity contribution in [3.05, 3.63) is 0 Å². The second-order valence-corrected chi connectivity index (χ2v) is 8.34. The zero-order valence-electron chi connectivity index (χ0n) is 20.1. The number of rotatable bonds is 16. The van der Waals surface area contributed by atoms with E-state index in [-0.39, 0.29) is 37.7 Å². The van der Waals surface area contributed by atoms with E-state index in [2.05, 4.69) is 20.9 Å². The van der Waals surface area contributed by atoms with Gasteiger partial charge in [-0.05, 0) is 32.1 Å². The smallest absolute Gasteiger partial charge is 0.326 e. The number of carbonyl (C=O) groups excluding carboxylic acids is 3. The van der Waals surface area contributed by atoms with Crippen LogP contribution >= 0.6 is 0 Å². The van der Waals surface area contributed by atoms with E-state index in [9.17, 15) is 34.2 Å². The summed E-state index contributed by atoms with van der Waals surface area (Å²) in [6.07, 6.45) is -2.11. The normalized spacial score (nSPS) is 15.1. The molecule has 0 fully saturated rings. The van der Waals surface area contributed by atoms with Crippen LogP contribution in [-0.2, 0) is 24.0 Å². The number of guanidine groups is 1.